The van der Waals surface area contributed by atoms with Crippen LogP contribution in [0.2, 0.25) is 0 Å². The van der Waals surface area contributed by atoms with Crippen LogP contribution >= 0.6 is 0 Å². The van der Waals surface area contributed by atoms with Gasteiger partial charge in [-0.3, -0.25) is 4.79 Å². The van der Waals surface area contributed by atoms with Crippen molar-refractivity contribution >= 4 is 5.91 Å². The van der Waals surface area contributed by atoms with Gasteiger partial charge in [0, 0.05) is 12.6 Å². The van der Waals surface area contributed by atoms with Gasteiger partial charge in [0.25, 0.3) is 0 Å². The Hall–Kier alpha value is -2.31. The molecule has 2 rings (SSSR count). The molecule has 2 aromatic rings. The fraction of sp³-hybridized carbons (Fsp3) is 0.480. The highest BCUT2D eigenvalue weighted by atomic mass is 19.1. The number of benzene rings is 2. The van der Waals surface area contributed by atoms with Crippen LogP contribution in [0.15, 0.2) is 42.5 Å². The van der Waals surface area contributed by atoms with E-state index in [1.54, 1.807) is 0 Å². The van der Waals surface area contributed by atoms with Gasteiger partial charge in [-0.15, -0.1) is 0 Å². The summed E-state index contributed by atoms with van der Waals surface area (Å²) in [4.78, 5) is 12.7. The molecule has 6 heteroatoms. The SMILES string of the molecule is CCCCNCC(O)C(Cc1cc(F)cc(F)c1)NC(=O)Cc1ccc(C(C)C)cc1. The molecular formula is C25H34F2N2O2. The molecule has 0 saturated carbocycles. The smallest absolute Gasteiger partial charge is 0.224 e. The number of nitrogens with one attached hydrogen (secondary N) is 2. The molecule has 2 aromatic carbocycles. The number of aliphatic hydroxyl groups is 1. The average molecular weight is 433 g/mol. The van der Waals surface area contributed by atoms with Crippen LogP contribution in [0.1, 0.15) is 56.2 Å². The van der Waals surface area contributed by atoms with Gasteiger partial charge in [0.2, 0.25) is 5.91 Å². The number of amides is 1. The van der Waals surface area contributed by atoms with Crippen LogP contribution in [0.25, 0.3) is 0 Å². The van der Waals surface area contributed by atoms with Crippen molar-refractivity contribution in [1.82, 2.24) is 10.6 Å². The minimum absolute atomic E-state index is 0.128. The van der Waals surface area contributed by atoms with Gasteiger partial charge in [0.1, 0.15) is 11.6 Å². The fourth-order valence-corrected chi connectivity index (χ4v) is 3.42. The number of rotatable bonds is 12. The first-order chi connectivity index (χ1) is 14.8. The largest absolute Gasteiger partial charge is 0.390 e. The number of aliphatic hydroxyl groups excluding tert-OH is 1. The van der Waals surface area contributed by atoms with Crippen molar-refractivity contribution in [2.24, 2.45) is 0 Å². The van der Waals surface area contributed by atoms with Gasteiger partial charge in [-0.2, -0.15) is 0 Å². The molecule has 2 atom stereocenters. The normalized spacial score (nSPS) is 13.3. The van der Waals surface area contributed by atoms with Crippen LogP contribution in [0, 0.1) is 11.6 Å². The Balaban J connectivity index is 2.06. The maximum absolute atomic E-state index is 13.6. The van der Waals surface area contributed by atoms with Gasteiger partial charge in [-0.05, 0) is 54.1 Å². The highest BCUT2D eigenvalue weighted by molar-refractivity contribution is 5.79. The summed E-state index contributed by atoms with van der Waals surface area (Å²) in [6.45, 7) is 7.33. The van der Waals surface area contributed by atoms with Crippen LogP contribution in [-0.2, 0) is 17.6 Å². The molecule has 0 bridgehead atoms. The van der Waals surface area contributed by atoms with Crippen molar-refractivity contribution in [2.75, 3.05) is 13.1 Å². The summed E-state index contributed by atoms with van der Waals surface area (Å²) in [5.41, 5.74) is 2.45. The molecule has 1 amide bonds. The Kier molecular flexibility index (Phi) is 10.1. The van der Waals surface area contributed by atoms with Crippen molar-refractivity contribution in [1.29, 1.82) is 0 Å². The first-order valence-electron chi connectivity index (χ1n) is 11.0. The second kappa shape index (κ2) is 12.5. The molecule has 0 aliphatic rings. The lowest BCUT2D eigenvalue weighted by atomic mass is 9.99. The summed E-state index contributed by atoms with van der Waals surface area (Å²) >= 11 is 0. The average Bonchev–Trinajstić information content (AvgIpc) is 2.70. The van der Waals surface area contributed by atoms with E-state index in [4.69, 9.17) is 0 Å². The molecule has 0 saturated heterocycles. The first kappa shape index (κ1) is 25.0. The molecule has 0 heterocycles. The quantitative estimate of drug-likeness (QED) is 0.443. The second-order valence-electron chi connectivity index (χ2n) is 8.35. The molecule has 0 radical (unpaired) electrons. The highest BCUT2D eigenvalue weighted by Gasteiger charge is 2.22. The summed E-state index contributed by atoms with van der Waals surface area (Å²) in [5, 5.41) is 16.7. The van der Waals surface area contributed by atoms with Crippen LogP contribution in [-0.4, -0.2) is 36.2 Å². The van der Waals surface area contributed by atoms with Crippen molar-refractivity contribution in [3.8, 4) is 0 Å². The summed E-state index contributed by atoms with van der Waals surface area (Å²) < 4.78 is 27.2. The van der Waals surface area contributed by atoms with E-state index < -0.39 is 23.8 Å². The molecule has 2 unspecified atom stereocenters. The van der Waals surface area contributed by atoms with Gasteiger partial charge in [0.05, 0.1) is 18.6 Å². The number of halogens is 2. The minimum atomic E-state index is -0.893. The van der Waals surface area contributed by atoms with Crippen LogP contribution in [0.3, 0.4) is 0 Å². The maximum atomic E-state index is 13.6. The third-order valence-electron chi connectivity index (χ3n) is 5.26. The van der Waals surface area contributed by atoms with Gasteiger partial charge in [-0.1, -0.05) is 51.5 Å². The predicted molar refractivity (Wildman–Crippen MR) is 120 cm³/mol. The lowest BCUT2D eigenvalue weighted by molar-refractivity contribution is -0.122. The number of hydrogen-bond donors (Lipinski definition) is 3. The van der Waals surface area contributed by atoms with Crippen molar-refractivity contribution in [3.63, 3.8) is 0 Å². The zero-order valence-electron chi connectivity index (χ0n) is 18.6. The molecule has 0 aliphatic carbocycles. The third kappa shape index (κ3) is 8.75. The summed E-state index contributed by atoms with van der Waals surface area (Å²) in [5.74, 6) is -1.19. The van der Waals surface area contributed by atoms with Gasteiger partial charge >= 0.3 is 0 Å². The van der Waals surface area contributed by atoms with Crippen molar-refractivity contribution in [3.05, 3.63) is 70.8 Å². The van der Waals surface area contributed by atoms with E-state index in [1.165, 1.54) is 17.7 Å². The van der Waals surface area contributed by atoms with Crippen molar-refractivity contribution in [2.45, 2.75) is 64.5 Å². The Morgan fingerprint density at radius 3 is 2.26 bits per heavy atom. The van der Waals surface area contributed by atoms with Crippen LogP contribution < -0.4 is 10.6 Å². The maximum Gasteiger partial charge on any atom is 0.224 e. The molecule has 0 fully saturated rings. The van der Waals surface area contributed by atoms with Crippen molar-refractivity contribution < 1.29 is 18.7 Å². The van der Waals surface area contributed by atoms with E-state index in [-0.39, 0.29) is 25.3 Å². The third-order valence-corrected chi connectivity index (χ3v) is 5.26. The number of carbonyl (C=O) groups is 1. The van der Waals surface area contributed by atoms with Gasteiger partial charge in [-0.25, -0.2) is 8.78 Å². The van der Waals surface area contributed by atoms with Crippen LogP contribution in [0.5, 0.6) is 0 Å². The summed E-state index contributed by atoms with van der Waals surface area (Å²) in [7, 11) is 0. The lowest BCUT2D eigenvalue weighted by Crippen LogP contribution is -2.49. The van der Waals surface area contributed by atoms with E-state index >= 15 is 0 Å². The Morgan fingerprint density at radius 2 is 1.68 bits per heavy atom. The monoisotopic (exact) mass is 432 g/mol. The Labute approximate surface area is 184 Å². The first-order valence-corrected chi connectivity index (χ1v) is 11.0. The summed E-state index contributed by atoms with van der Waals surface area (Å²) in [6, 6.07) is 10.5. The van der Waals surface area contributed by atoms with Gasteiger partial charge in [0.15, 0.2) is 0 Å². The Bertz CT molecular complexity index is 805. The zero-order valence-corrected chi connectivity index (χ0v) is 18.6. The standard InChI is InChI=1S/C25H34F2N2O2/c1-4-5-10-28-16-24(30)23(13-19-11-21(26)15-22(27)12-19)29-25(31)14-18-6-8-20(9-7-18)17(2)3/h6-9,11-12,15,17,23-24,28,30H,4-5,10,13-14,16H2,1-3H3,(H,29,31). The van der Waals surface area contributed by atoms with E-state index in [0.29, 0.717) is 11.5 Å². The molecule has 0 spiro atoms. The molecule has 3 N–H and O–H groups in total. The minimum Gasteiger partial charge on any atom is -0.390 e. The summed E-state index contributed by atoms with van der Waals surface area (Å²) in [6.07, 6.45) is 1.41. The molecule has 4 nitrogen and oxygen atoms in total. The van der Waals surface area contributed by atoms with E-state index in [0.717, 1.165) is 31.0 Å². The number of carbonyl (C=O) groups excluding carboxylic acids is 1. The number of unbranched alkanes of at least 4 members (excludes halogenated alkanes) is 1. The second-order valence-corrected chi connectivity index (χ2v) is 8.35. The van der Waals surface area contributed by atoms with E-state index in [9.17, 15) is 18.7 Å². The molecule has 0 aromatic heterocycles. The molecule has 170 valence electrons. The molecular weight excluding hydrogens is 398 g/mol. The molecule has 31 heavy (non-hydrogen) atoms. The topological polar surface area (TPSA) is 61.4 Å². The number of hydrogen-bond acceptors (Lipinski definition) is 3. The molecule has 0 aliphatic heterocycles. The van der Waals surface area contributed by atoms with Gasteiger partial charge < -0.3 is 15.7 Å². The van der Waals surface area contributed by atoms with E-state index in [1.807, 2.05) is 24.3 Å². The zero-order chi connectivity index (χ0) is 22.8. The highest BCUT2D eigenvalue weighted by Crippen LogP contribution is 2.16. The fourth-order valence-electron chi connectivity index (χ4n) is 3.42. The lowest BCUT2D eigenvalue weighted by Gasteiger charge is -2.25. The predicted octanol–water partition coefficient (Wildman–Crippen LogP) is 4.11. The van der Waals surface area contributed by atoms with Crippen LogP contribution in [0.4, 0.5) is 8.78 Å². The van der Waals surface area contributed by atoms with E-state index in [2.05, 4.69) is 31.4 Å². The Morgan fingerprint density at radius 1 is 1.03 bits per heavy atom.